The standard InChI is InChI=1S/C17H24N2O5/c20-12-15-11-19(8-9-24-15)17(23)18-14(6-7-16(21)22)10-13-4-2-1-3-5-13/h1-5,14-15,20H,6-12H2,(H,18,23)(H,21,22). The van der Waals surface area contributed by atoms with Gasteiger partial charge >= 0.3 is 12.0 Å². The number of hydrogen-bond donors (Lipinski definition) is 3. The summed E-state index contributed by atoms with van der Waals surface area (Å²) < 4.78 is 5.34. The SMILES string of the molecule is O=C(O)CCC(Cc1ccccc1)NC(=O)N1CCOC(CO)C1. The van der Waals surface area contributed by atoms with Crippen LogP contribution < -0.4 is 5.32 Å². The van der Waals surface area contributed by atoms with Crippen LogP contribution in [0.1, 0.15) is 18.4 Å². The third-order valence-electron chi connectivity index (χ3n) is 3.99. The minimum atomic E-state index is -0.881. The van der Waals surface area contributed by atoms with E-state index in [-0.39, 0.29) is 31.2 Å². The monoisotopic (exact) mass is 336 g/mol. The zero-order chi connectivity index (χ0) is 17.4. The molecule has 2 rings (SSSR count). The largest absolute Gasteiger partial charge is 0.481 e. The molecule has 2 atom stereocenters. The second kappa shape index (κ2) is 9.24. The molecule has 132 valence electrons. The van der Waals surface area contributed by atoms with Crippen molar-refractivity contribution in [2.24, 2.45) is 0 Å². The van der Waals surface area contributed by atoms with E-state index in [0.29, 0.717) is 32.5 Å². The summed E-state index contributed by atoms with van der Waals surface area (Å²) in [4.78, 5) is 24.9. The predicted octanol–water partition coefficient (Wildman–Crippen LogP) is 0.865. The number of nitrogens with zero attached hydrogens (tertiary/aromatic N) is 1. The van der Waals surface area contributed by atoms with Crippen LogP contribution in [0, 0.1) is 0 Å². The highest BCUT2D eigenvalue weighted by Crippen LogP contribution is 2.10. The molecule has 2 amide bonds. The molecule has 1 saturated heterocycles. The van der Waals surface area contributed by atoms with Crippen LogP contribution in [0.2, 0.25) is 0 Å². The van der Waals surface area contributed by atoms with Gasteiger partial charge in [0.2, 0.25) is 0 Å². The van der Waals surface area contributed by atoms with Crippen molar-refractivity contribution in [1.29, 1.82) is 0 Å². The number of urea groups is 1. The van der Waals surface area contributed by atoms with Crippen molar-refractivity contribution in [3.05, 3.63) is 35.9 Å². The molecule has 0 aromatic heterocycles. The molecule has 1 heterocycles. The summed E-state index contributed by atoms with van der Waals surface area (Å²) in [5, 5.41) is 21.0. The Morgan fingerprint density at radius 3 is 2.75 bits per heavy atom. The summed E-state index contributed by atoms with van der Waals surface area (Å²) in [5.74, 6) is -0.881. The Bertz CT molecular complexity index is 537. The van der Waals surface area contributed by atoms with Gasteiger partial charge in [0.25, 0.3) is 0 Å². The van der Waals surface area contributed by atoms with Gasteiger partial charge in [0.1, 0.15) is 0 Å². The molecule has 1 aliphatic rings. The highest BCUT2D eigenvalue weighted by molar-refractivity contribution is 5.75. The fourth-order valence-electron chi connectivity index (χ4n) is 2.70. The maximum Gasteiger partial charge on any atom is 0.317 e. The average Bonchev–Trinajstić information content (AvgIpc) is 2.60. The van der Waals surface area contributed by atoms with Gasteiger partial charge in [0.05, 0.1) is 25.9 Å². The van der Waals surface area contributed by atoms with Crippen molar-refractivity contribution < 1.29 is 24.5 Å². The minimum absolute atomic E-state index is 0.000155. The van der Waals surface area contributed by atoms with Crippen LogP contribution in [-0.4, -0.2) is 65.6 Å². The van der Waals surface area contributed by atoms with E-state index < -0.39 is 5.97 Å². The van der Waals surface area contributed by atoms with Crippen molar-refractivity contribution in [3.63, 3.8) is 0 Å². The Morgan fingerprint density at radius 2 is 2.08 bits per heavy atom. The van der Waals surface area contributed by atoms with Gasteiger partial charge in [0.15, 0.2) is 0 Å². The zero-order valence-corrected chi connectivity index (χ0v) is 13.6. The number of rotatable bonds is 7. The third-order valence-corrected chi connectivity index (χ3v) is 3.99. The van der Waals surface area contributed by atoms with Gasteiger partial charge in [-0.2, -0.15) is 0 Å². The lowest BCUT2D eigenvalue weighted by Crippen LogP contribution is -2.53. The molecule has 0 bridgehead atoms. The highest BCUT2D eigenvalue weighted by Gasteiger charge is 2.25. The van der Waals surface area contributed by atoms with E-state index >= 15 is 0 Å². The first-order chi connectivity index (χ1) is 11.6. The van der Waals surface area contributed by atoms with E-state index in [1.165, 1.54) is 0 Å². The van der Waals surface area contributed by atoms with Gasteiger partial charge in [-0.25, -0.2) is 4.79 Å². The Morgan fingerprint density at radius 1 is 1.33 bits per heavy atom. The van der Waals surface area contributed by atoms with Crippen molar-refractivity contribution in [2.45, 2.75) is 31.4 Å². The van der Waals surface area contributed by atoms with Crippen LogP contribution in [0.15, 0.2) is 30.3 Å². The molecule has 0 saturated carbocycles. The number of carbonyl (C=O) groups excluding carboxylic acids is 1. The van der Waals surface area contributed by atoms with Crippen LogP contribution in [0.3, 0.4) is 0 Å². The molecular formula is C17H24N2O5. The third kappa shape index (κ3) is 5.82. The maximum absolute atomic E-state index is 12.4. The van der Waals surface area contributed by atoms with Crippen LogP contribution in [0.25, 0.3) is 0 Å². The summed E-state index contributed by atoms with van der Waals surface area (Å²) in [6.45, 7) is 1.05. The Hall–Kier alpha value is -2.12. The fourth-order valence-corrected chi connectivity index (χ4v) is 2.70. The molecule has 1 fully saturated rings. The normalized spacial score (nSPS) is 18.9. The van der Waals surface area contributed by atoms with E-state index in [1.54, 1.807) is 4.90 Å². The van der Waals surface area contributed by atoms with Crippen LogP contribution in [0.5, 0.6) is 0 Å². The quantitative estimate of drug-likeness (QED) is 0.686. The number of amides is 2. The number of carboxylic acids is 1. The molecule has 7 nitrogen and oxygen atoms in total. The molecule has 1 aromatic rings. The maximum atomic E-state index is 12.4. The molecule has 0 spiro atoms. The van der Waals surface area contributed by atoms with Crippen molar-refractivity contribution in [2.75, 3.05) is 26.3 Å². The average molecular weight is 336 g/mol. The molecule has 2 unspecified atom stereocenters. The number of benzene rings is 1. The van der Waals surface area contributed by atoms with Gasteiger partial charge in [-0.3, -0.25) is 4.79 Å². The van der Waals surface area contributed by atoms with E-state index in [4.69, 9.17) is 14.9 Å². The molecule has 0 radical (unpaired) electrons. The number of ether oxygens (including phenoxy) is 1. The molecule has 0 aliphatic carbocycles. The second-order valence-electron chi connectivity index (χ2n) is 5.89. The zero-order valence-electron chi connectivity index (χ0n) is 13.6. The number of morpholine rings is 1. The summed E-state index contributed by atoms with van der Waals surface area (Å²) in [6, 6.07) is 9.15. The van der Waals surface area contributed by atoms with Crippen LogP contribution >= 0.6 is 0 Å². The first kappa shape index (κ1) is 18.2. The molecular weight excluding hydrogens is 312 g/mol. The fraction of sp³-hybridized carbons (Fsp3) is 0.529. The number of aliphatic hydroxyl groups excluding tert-OH is 1. The van der Waals surface area contributed by atoms with Gasteiger partial charge in [-0.1, -0.05) is 30.3 Å². The van der Waals surface area contributed by atoms with E-state index in [0.717, 1.165) is 5.56 Å². The number of carboxylic acid groups (broad SMARTS) is 1. The van der Waals surface area contributed by atoms with Crippen molar-refractivity contribution in [1.82, 2.24) is 10.2 Å². The smallest absolute Gasteiger partial charge is 0.317 e. The van der Waals surface area contributed by atoms with Crippen molar-refractivity contribution >= 4 is 12.0 Å². The van der Waals surface area contributed by atoms with Crippen LogP contribution in [-0.2, 0) is 16.0 Å². The number of carbonyl (C=O) groups is 2. The summed E-state index contributed by atoms with van der Waals surface area (Å²) in [5.41, 5.74) is 1.04. The van der Waals surface area contributed by atoms with Gasteiger partial charge in [0, 0.05) is 19.0 Å². The topological polar surface area (TPSA) is 99.1 Å². The first-order valence-electron chi connectivity index (χ1n) is 8.12. The van der Waals surface area contributed by atoms with Gasteiger partial charge in [-0.05, 0) is 18.4 Å². The summed E-state index contributed by atoms with van der Waals surface area (Å²) in [7, 11) is 0. The number of aliphatic hydroxyl groups is 1. The van der Waals surface area contributed by atoms with E-state index in [9.17, 15) is 9.59 Å². The molecule has 1 aliphatic heterocycles. The first-order valence-corrected chi connectivity index (χ1v) is 8.12. The number of nitrogens with one attached hydrogen (secondary N) is 1. The molecule has 7 heteroatoms. The Kier molecular flexibility index (Phi) is 7.02. The lowest BCUT2D eigenvalue weighted by Gasteiger charge is -2.33. The van der Waals surface area contributed by atoms with E-state index in [2.05, 4.69) is 5.32 Å². The number of aliphatic carboxylic acids is 1. The summed E-state index contributed by atoms with van der Waals surface area (Å²) in [6.07, 6.45) is 0.577. The highest BCUT2D eigenvalue weighted by atomic mass is 16.5. The predicted molar refractivity (Wildman–Crippen MR) is 87.7 cm³/mol. The molecule has 24 heavy (non-hydrogen) atoms. The van der Waals surface area contributed by atoms with Crippen molar-refractivity contribution in [3.8, 4) is 0 Å². The van der Waals surface area contributed by atoms with Crippen LogP contribution in [0.4, 0.5) is 4.79 Å². The Labute approximate surface area is 141 Å². The molecule has 1 aromatic carbocycles. The Balaban J connectivity index is 1.95. The van der Waals surface area contributed by atoms with Gasteiger partial charge < -0.3 is 25.2 Å². The lowest BCUT2D eigenvalue weighted by molar-refractivity contribution is -0.137. The molecule has 3 N–H and O–H groups in total. The van der Waals surface area contributed by atoms with E-state index in [1.807, 2.05) is 30.3 Å². The van der Waals surface area contributed by atoms with Gasteiger partial charge in [-0.15, -0.1) is 0 Å². The number of hydrogen-bond acceptors (Lipinski definition) is 4. The minimum Gasteiger partial charge on any atom is -0.481 e. The lowest BCUT2D eigenvalue weighted by atomic mass is 10.0. The second-order valence-corrected chi connectivity index (χ2v) is 5.89. The summed E-state index contributed by atoms with van der Waals surface area (Å²) >= 11 is 0.